The number of nitrogens with one attached hydrogen (secondary N) is 3. The Labute approximate surface area is 154 Å². The molecule has 1 aromatic heterocycles. The second-order valence-electron chi connectivity index (χ2n) is 5.65. The number of ether oxygens (including phenoxy) is 2. The number of anilines is 1. The number of thiazole rings is 1. The molecule has 0 bridgehead atoms. The van der Waals surface area contributed by atoms with Crippen molar-refractivity contribution < 1.29 is 19.1 Å². The van der Waals surface area contributed by atoms with E-state index in [4.69, 9.17) is 9.47 Å². The van der Waals surface area contributed by atoms with Gasteiger partial charge in [0, 0.05) is 11.4 Å². The molecule has 1 saturated heterocycles. The summed E-state index contributed by atoms with van der Waals surface area (Å²) in [6.07, 6.45) is 0.578. The molecule has 2 aromatic rings. The zero-order chi connectivity index (χ0) is 18.5. The van der Waals surface area contributed by atoms with Gasteiger partial charge in [0.15, 0.2) is 10.8 Å². The predicted molar refractivity (Wildman–Crippen MR) is 97.1 cm³/mol. The number of aromatic nitrogens is 1. The lowest BCUT2D eigenvalue weighted by atomic mass is 10.0. The molecule has 1 aliphatic rings. The highest BCUT2D eigenvalue weighted by Gasteiger charge is 2.30. The highest BCUT2D eigenvalue weighted by atomic mass is 32.1. The van der Waals surface area contributed by atoms with E-state index in [0.29, 0.717) is 11.6 Å². The largest absolute Gasteiger partial charge is 0.497 e. The maximum Gasteiger partial charge on any atom is 0.357 e. The number of benzene rings is 1. The number of hydrogen-bond acceptors (Lipinski definition) is 8. The van der Waals surface area contributed by atoms with Crippen molar-refractivity contribution in [1.82, 2.24) is 15.8 Å². The van der Waals surface area contributed by atoms with Gasteiger partial charge in [0.05, 0.1) is 13.7 Å². The topological polar surface area (TPSA) is 102 Å². The average molecular weight is 376 g/mol. The quantitative estimate of drug-likeness (QED) is 0.662. The summed E-state index contributed by atoms with van der Waals surface area (Å²) in [6, 6.07) is 7.28. The fourth-order valence-electron chi connectivity index (χ4n) is 2.63. The first-order valence-corrected chi connectivity index (χ1v) is 9.07. The second-order valence-corrected chi connectivity index (χ2v) is 6.51. The molecule has 1 fully saturated rings. The number of carbonyl (C=O) groups excluding carboxylic acids is 2. The molecular formula is C17H20N4O4S. The first-order chi connectivity index (χ1) is 12.6. The molecule has 26 heavy (non-hydrogen) atoms. The van der Waals surface area contributed by atoms with Crippen molar-refractivity contribution in [3.63, 3.8) is 0 Å². The normalized spacial score (nSPS) is 19.2. The molecule has 9 heteroatoms. The summed E-state index contributed by atoms with van der Waals surface area (Å²) in [5, 5.41) is 4.66. The van der Waals surface area contributed by atoms with E-state index in [9.17, 15) is 9.59 Å². The van der Waals surface area contributed by atoms with Crippen LogP contribution in [0.3, 0.4) is 0 Å². The zero-order valence-electron chi connectivity index (χ0n) is 14.4. The Hall–Kier alpha value is -2.49. The summed E-state index contributed by atoms with van der Waals surface area (Å²) in [5.41, 5.74) is 7.35. The summed E-state index contributed by atoms with van der Waals surface area (Å²) in [6.45, 7) is 2.01. The third-order valence-electron chi connectivity index (χ3n) is 3.93. The number of methoxy groups -OCH3 is 1. The monoisotopic (exact) mass is 376 g/mol. The van der Waals surface area contributed by atoms with Crippen molar-refractivity contribution in [2.24, 2.45) is 0 Å². The van der Waals surface area contributed by atoms with E-state index in [-0.39, 0.29) is 24.2 Å². The van der Waals surface area contributed by atoms with Gasteiger partial charge in [0.2, 0.25) is 5.91 Å². The van der Waals surface area contributed by atoms with Crippen LogP contribution in [0.4, 0.5) is 5.13 Å². The van der Waals surface area contributed by atoms with E-state index in [0.717, 1.165) is 11.3 Å². The third kappa shape index (κ3) is 4.18. The summed E-state index contributed by atoms with van der Waals surface area (Å²) >= 11 is 1.18. The first-order valence-electron chi connectivity index (χ1n) is 8.19. The number of amides is 1. The minimum atomic E-state index is -0.497. The molecule has 0 saturated carbocycles. The van der Waals surface area contributed by atoms with Crippen molar-refractivity contribution in [2.75, 3.05) is 19.0 Å². The molecule has 0 spiro atoms. The third-order valence-corrected chi connectivity index (χ3v) is 4.69. The molecule has 138 valence electrons. The van der Waals surface area contributed by atoms with E-state index in [2.05, 4.69) is 21.2 Å². The lowest BCUT2D eigenvalue weighted by molar-refractivity contribution is -0.117. The summed E-state index contributed by atoms with van der Waals surface area (Å²) < 4.78 is 10.1. The Morgan fingerprint density at radius 3 is 3.00 bits per heavy atom. The molecule has 2 unspecified atom stereocenters. The van der Waals surface area contributed by atoms with Gasteiger partial charge in [-0.05, 0) is 31.0 Å². The van der Waals surface area contributed by atoms with Crippen LogP contribution in [0.15, 0.2) is 29.6 Å². The Kier molecular flexibility index (Phi) is 5.82. The van der Waals surface area contributed by atoms with Gasteiger partial charge in [-0.1, -0.05) is 12.1 Å². The van der Waals surface area contributed by atoms with Crippen LogP contribution >= 0.6 is 11.3 Å². The summed E-state index contributed by atoms with van der Waals surface area (Å²) in [4.78, 5) is 28.1. The molecule has 1 aliphatic heterocycles. The lowest BCUT2D eigenvalue weighted by Gasteiger charge is -2.11. The number of rotatable bonds is 6. The van der Waals surface area contributed by atoms with Gasteiger partial charge in [-0.3, -0.25) is 4.79 Å². The smallest absolute Gasteiger partial charge is 0.357 e. The Morgan fingerprint density at radius 2 is 2.23 bits per heavy atom. The van der Waals surface area contributed by atoms with Crippen LogP contribution in [0, 0.1) is 0 Å². The van der Waals surface area contributed by atoms with Gasteiger partial charge in [-0.15, -0.1) is 11.3 Å². The summed E-state index contributed by atoms with van der Waals surface area (Å²) in [7, 11) is 1.62. The number of carbonyl (C=O) groups is 2. The van der Waals surface area contributed by atoms with Crippen LogP contribution in [0.5, 0.6) is 5.75 Å². The van der Waals surface area contributed by atoms with Gasteiger partial charge in [-0.2, -0.15) is 0 Å². The number of nitrogens with zero attached hydrogens (tertiary/aromatic N) is 1. The van der Waals surface area contributed by atoms with Gasteiger partial charge < -0.3 is 14.8 Å². The van der Waals surface area contributed by atoms with Gasteiger partial charge >= 0.3 is 5.97 Å². The molecule has 2 atom stereocenters. The van der Waals surface area contributed by atoms with Crippen LogP contribution in [-0.4, -0.2) is 36.6 Å². The molecule has 2 heterocycles. The maximum atomic E-state index is 12.4. The average Bonchev–Trinajstić information content (AvgIpc) is 3.32. The Bertz CT molecular complexity index is 795. The first kappa shape index (κ1) is 18.3. The fraction of sp³-hybridized carbons (Fsp3) is 0.353. The zero-order valence-corrected chi connectivity index (χ0v) is 15.3. The fourth-order valence-corrected chi connectivity index (χ4v) is 3.31. The van der Waals surface area contributed by atoms with Crippen molar-refractivity contribution in [3.05, 3.63) is 40.9 Å². The second kappa shape index (κ2) is 8.26. The van der Waals surface area contributed by atoms with E-state index in [1.165, 1.54) is 11.3 Å². The molecular weight excluding hydrogens is 356 g/mol. The van der Waals surface area contributed by atoms with Crippen molar-refractivity contribution in [3.8, 4) is 5.75 Å². The Balaban J connectivity index is 1.58. The minimum absolute atomic E-state index is 0.00719. The number of hydrogen-bond donors (Lipinski definition) is 3. The standard InChI is InChI=1S/C17H20N4O4S/c1-3-25-16(23)14-9-26-17(18-14)19-15(22)13-8-12(20-21-13)10-5-4-6-11(7-10)24-2/h4-7,9,12-13,20-21H,3,8H2,1-2H3,(H,18,19,22). The van der Waals surface area contributed by atoms with E-state index in [1.54, 1.807) is 19.4 Å². The predicted octanol–water partition coefficient (Wildman–Crippen LogP) is 1.87. The molecule has 0 aliphatic carbocycles. The highest BCUT2D eigenvalue weighted by Crippen LogP contribution is 2.26. The molecule has 0 radical (unpaired) electrons. The molecule has 3 rings (SSSR count). The Morgan fingerprint density at radius 1 is 1.38 bits per heavy atom. The highest BCUT2D eigenvalue weighted by molar-refractivity contribution is 7.14. The van der Waals surface area contributed by atoms with E-state index in [1.807, 2.05) is 24.3 Å². The van der Waals surface area contributed by atoms with E-state index >= 15 is 0 Å². The van der Waals surface area contributed by atoms with Crippen molar-refractivity contribution in [1.29, 1.82) is 0 Å². The maximum absolute atomic E-state index is 12.4. The van der Waals surface area contributed by atoms with Crippen LogP contribution in [0.25, 0.3) is 0 Å². The molecule has 3 N–H and O–H groups in total. The van der Waals surface area contributed by atoms with Gasteiger partial charge in [-0.25, -0.2) is 20.6 Å². The molecule has 1 aromatic carbocycles. The van der Waals surface area contributed by atoms with Crippen molar-refractivity contribution >= 4 is 28.3 Å². The summed E-state index contributed by atoms with van der Waals surface area (Å²) in [5.74, 6) is 0.0575. The SMILES string of the molecule is CCOC(=O)c1csc(NC(=O)C2CC(c3cccc(OC)c3)NN2)n1. The van der Waals surface area contributed by atoms with Crippen molar-refractivity contribution in [2.45, 2.75) is 25.4 Å². The van der Waals surface area contributed by atoms with Gasteiger partial charge in [0.1, 0.15) is 11.8 Å². The number of hydrazine groups is 1. The van der Waals surface area contributed by atoms with Crippen LogP contribution in [0.2, 0.25) is 0 Å². The van der Waals surface area contributed by atoms with Crippen LogP contribution in [0.1, 0.15) is 35.4 Å². The molecule has 1 amide bonds. The lowest BCUT2D eigenvalue weighted by Crippen LogP contribution is -2.39. The minimum Gasteiger partial charge on any atom is -0.497 e. The van der Waals surface area contributed by atoms with Crippen LogP contribution in [-0.2, 0) is 9.53 Å². The van der Waals surface area contributed by atoms with Gasteiger partial charge in [0.25, 0.3) is 0 Å². The molecule has 8 nitrogen and oxygen atoms in total. The van der Waals surface area contributed by atoms with Crippen LogP contribution < -0.4 is 20.9 Å². The van der Waals surface area contributed by atoms with E-state index < -0.39 is 12.0 Å². The number of esters is 1.